The Morgan fingerprint density at radius 1 is 1.04 bits per heavy atom. The molecule has 28 heavy (non-hydrogen) atoms. The average molecular weight is 378 g/mol. The molecule has 0 saturated carbocycles. The van der Waals surface area contributed by atoms with Crippen LogP contribution in [0, 0.1) is 0 Å². The molecule has 0 bridgehead atoms. The quantitative estimate of drug-likeness (QED) is 0.705. The fourth-order valence-corrected chi connectivity index (χ4v) is 3.79. The first kappa shape index (κ1) is 18.5. The standard InChI is InChI=1S/C22H26N4O2/c1-27-18-12-19-20(21(13-18)28-2)14-23-25-22(19)24-17-8-10-26(11-9-17)15-16-6-4-3-5-7-16/h3-7,12-14,17H,8-11,15H2,1-2H3,(H,24,25). The highest BCUT2D eigenvalue weighted by Crippen LogP contribution is 2.34. The molecule has 1 saturated heterocycles. The smallest absolute Gasteiger partial charge is 0.157 e. The van der Waals surface area contributed by atoms with Gasteiger partial charge in [-0.05, 0) is 24.5 Å². The lowest BCUT2D eigenvalue weighted by molar-refractivity contribution is 0.211. The molecule has 0 atom stereocenters. The average Bonchev–Trinajstić information content (AvgIpc) is 2.75. The second-order valence-electron chi connectivity index (χ2n) is 7.16. The maximum atomic E-state index is 5.50. The van der Waals surface area contributed by atoms with Gasteiger partial charge in [0, 0.05) is 42.5 Å². The Hall–Kier alpha value is -2.86. The van der Waals surface area contributed by atoms with E-state index < -0.39 is 0 Å². The number of fused-ring (bicyclic) bond motifs is 1. The first-order chi connectivity index (χ1) is 13.8. The fourth-order valence-electron chi connectivity index (χ4n) is 3.79. The first-order valence-electron chi connectivity index (χ1n) is 9.67. The van der Waals surface area contributed by atoms with Gasteiger partial charge < -0.3 is 14.8 Å². The van der Waals surface area contributed by atoms with Crippen LogP contribution in [0.15, 0.2) is 48.7 Å². The molecule has 0 spiro atoms. The lowest BCUT2D eigenvalue weighted by Crippen LogP contribution is -2.38. The number of nitrogens with one attached hydrogen (secondary N) is 1. The van der Waals surface area contributed by atoms with Crippen LogP contribution in [0.4, 0.5) is 5.82 Å². The minimum absolute atomic E-state index is 0.379. The Morgan fingerprint density at radius 2 is 1.82 bits per heavy atom. The molecule has 2 aromatic carbocycles. The number of piperidine rings is 1. The van der Waals surface area contributed by atoms with Crippen LogP contribution in [-0.4, -0.2) is 48.4 Å². The molecule has 1 fully saturated rings. The number of benzene rings is 2. The predicted molar refractivity (Wildman–Crippen MR) is 111 cm³/mol. The zero-order valence-electron chi connectivity index (χ0n) is 16.4. The maximum absolute atomic E-state index is 5.50. The number of methoxy groups -OCH3 is 2. The van der Waals surface area contributed by atoms with Crippen molar-refractivity contribution in [3.05, 3.63) is 54.2 Å². The SMILES string of the molecule is COc1cc(OC)c2cnnc(NC3CCN(Cc4ccccc4)CC3)c2c1. The monoisotopic (exact) mass is 378 g/mol. The van der Waals surface area contributed by atoms with Crippen LogP contribution in [0.2, 0.25) is 0 Å². The topological polar surface area (TPSA) is 59.5 Å². The van der Waals surface area contributed by atoms with E-state index >= 15 is 0 Å². The molecule has 146 valence electrons. The van der Waals surface area contributed by atoms with Crippen molar-refractivity contribution in [2.24, 2.45) is 0 Å². The van der Waals surface area contributed by atoms with Gasteiger partial charge in [0.15, 0.2) is 5.82 Å². The minimum Gasteiger partial charge on any atom is -0.497 e. The summed E-state index contributed by atoms with van der Waals surface area (Å²) in [5, 5.41) is 14.0. The highest BCUT2D eigenvalue weighted by Gasteiger charge is 2.21. The third-order valence-corrected chi connectivity index (χ3v) is 5.35. The Morgan fingerprint density at radius 3 is 2.54 bits per heavy atom. The summed E-state index contributed by atoms with van der Waals surface area (Å²) in [5.41, 5.74) is 1.37. The van der Waals surface area contributed by atoms with E-state index in [4.69, 9.17) is 9.47 Å². The second kappa shape index (κ2) is 8.44. The van der Waals surface area contributed by atoms with Gasteiger partial charge in [0.05, 0.1) is 20.4 Å². The number of hydrogen-bond donors (Lipinski definition) is 1. The number of rotatable bonds is 6. The molecule has 1 aliphatic heterocycles. The summed E-state index contributed by atoms with van der Waals surface area (Å²) in [5.74, 6) is 2.28. The van der Waals surface area contributed by atoms with E-state index in [0.29, 0.717) is 6.04 Å². The minimum atomic E-state index is 0.379. The van der Waals surface area contributed by atoms with Crippen LogP contribution >= 0.6 is 0 Å². The van der Waals surface area contributed by atoms with Crippen molar-refractivity contribution in [3.63, 3.8) is 0 Å². The molecular formula is C22H26N4O2. The second-order valence-corrected chi connectivity index (χ2v) is 7.16. The van der Waals surface area contributed by atoms with E-state index in [1.165, 1.54) is 5.56 Å². The number of likely N-dealkylation sites (tertiary alicyclic amines) is 1. The molecule has 0 unspecified atom stereocenters. The number of anilines is 1. The zero-order chi connectivity index (χ0) is 19.3. The van der Waals surface area contributed by atoms with Crippen LogP contribution in [0.5, 0.6) is 11.5 Å². The lowest BCUT2D eigenvalue weighted by Gasteiger charge is -2.32. The number of hydrogen-bond acceptors (Lipinski definition) is 6. The predicted octanol–water partition coefficient (Wildman–Crippen LogP) is 3.72. The van der Waals surface area contributed by atoms with Crippen molar-refractivity contribution in [3.8, 4) is 11.5 Å². The summed E-state index contributed by atoms with van der Waals surface area (Å²) in [6.07, 6.45) is 3.89. The van der Waals surface area contributed by atoms with E-state index in [9.17, 15) is 0 Å². The number of aromatic nitrogens is 2. The molecule has 2 heterocycles. The lowest BCUT2D eigenvalue weighted by atomic mass is 10.0. The van der Waals surface area contributed by atoms with Gasteiger partial charge in [-0.2, -0.15) is 5.10 Å². The molecule has 6 nitrogen and oxygen atoms in total. The van der Waals surface area contributed by atoms with E-state index in [2.05, 4.69) is 50.7 Å². The third-order valence-electron chi connectivity index (χ3n) is 5.35. The van der Waals surface area contributed by atoms with Gasteiger partial charge in [0.2, 0.25) is 0 Å². The Kier molecular flexibility index (Phi) is 5.58. The van der Waals surface area contributed by atoms with Crippen LogP contribution in [0.3, 0.4) is 0 Å². The Bertz CT molecular complexity index is 924. The molecule has 1 N–H and O–H groups in total. The first-order valence-corrected chi connectivity index (χ1v) is 9.67. The van der Waals surface area contributed by atoms with E-state index in [1.807, 2.05) is 12.1 Å². The summed E-state index contributed by atoms with van der Waals surface area (Å²) < 4.78 is 10.9. The van der Waals surface area contributed by atoms with Crippen LogP contribution in [-0.2, 0) is 6.54 Å². The van der Waals surface area contributed by atoms with Gasteiger partial charge in [-0.25, -0.2) is 0 Å². The molecule has 4 rings (SSSR count). The van der Waals surface area contributed by atoms with Crippen LogP contribution < -0.4 is 14.8 Å². The van der Waals surface area contributed by atoms with Gasteiger partial charge in [0.1, 0.15) is 11.5 Å². The molecule has 0 aliphatic carbocycles. The van der Waals surface area contributed by atoms with Gasteiger partial charge in [-0.3, -0.25) is 4.90 Å². The van der Waals surface area contributed by atoms with Crippen LogP contribution in [0.25, 0.3) is 10.8 Å². The molecular weight excluding hydrogens is 352 g/mol. The molecule has 6 heteroatoms. The third kappa shape index (κ3) is 4.02. The Balaban J connectivity index is 1.46. The summed E-state index contributed by atoms with van der Waals surface area (Å²) >= 11 is 0. The number of ether oxygens (including phenoxy) is 2. The highest BCUT2D eigenvalue weighted by molar-refractivity contribution is 5.96. The Labute approximate surface area is 165 Å². The van der Waals surface area contributed by atoms with Gasteiger partial charge >= 0.3 is 0 Å². The summed E-state index contributed by atoms with van der Waals surface area (Å²) in [4.78, 5) is 2.51. The zero-order valence-corrected chi connectivity index (χ0v) is 16.4. The molecule has 1 aromatic heterocycles. The van der Waals surface area contributed by atoms with E-state index in [-0.39, 0.29) is 0 Å². The van der Waals surface area contributed by atoms with E-state index in [1.54, 1.807) is 20.4 Å². The summed E-state index contributed by atoms with van der Waals surface area (Å²) in [6.45, 7) is 3.14. The molecule has 1 aliphatic rings. The van der Waals surface area contributed by atoms with Crippen molar-refractivity contribution in [2.75, 3.05) is 32.6 Å². The van der Waals surface area contributed by atoms with Gasteiger partial charge in [0.25, 0.3) is 0 Å². The van der Waals surface area contributed by atoms with Crippen molar-refractivity contribution in [2.45, 2.75) is 25.4 Å². The van der Waals surface area contributed by atoms with Crippen LogP contribution in [0.1, 0.15) is 18.4 Å². The van der Waals surface area contributed by atoms with Gasteiger partial charge in [-0.15, -0.1) is 5.10 Å². The van der Waals surface area contributed by atoms with Crippen molar-refractivity contribution in [1.82, 2.24) is 15.1 Å². The molecule has 3 aromatic rings. The van der Waals surface area contributed by atoms with E-state index in [0.717, 1.165) is 60.6 Å². The summed E-state index contributed by atoms with van der Waals surface area (Å²) in [6, 6.07) is 14.9. The number of nitrogens with zero attached hydrogens (tertiary/aromatic N) is 3. The molecule has 0 radical (unpaired) electrons. The highest BCUT2D eigenvalue weighted by atomic mass is 16.5. The molecule has 0 amide bonds. The largest absolute Gasteiger partial charge is 0.497 e. The van der Waals surface area contributed by atoms with Crippen molar-refractivity contribution in [1.29, 1.82) is 0 Å². The fraction of sp³-hybridized carbons (Fsp3) is 0.364. The normalized spacial score (nSPS) is 15.5. The van der Waals surface area contributed by atoms with Gasteiger partial charge in [-0.1, -0.05) is 30.3 Å². The summed E-state index contributed by atoms with van der Waals surface area (Å²) in [7, 11) is 3.31. The maximum Gasteiger partial charge on any atom is 0.157 e. The van der Waals surface area contributed by atoms with Crippen molar-refractivity contribution < 1.29 is 9.47 Å². The van der Waals surface area contributed by atoms with Crippen molar-refractivity contribution >= 4 is 16.6 Å².